The SMILES string of the molecule is O=C(O)c1cccc(-c2ccc(/C=N/NC(=O)c3ccccc3OCc3ccccc3Cl)o2)c1. The molecule has 7 nitrogen and oxygen atoms in total. The van der Waals surface area contributed by atoms with Gasteiger partial charge in [-0.15, -0.1) is 0 Å². The van der Waals surface area contributed by atoms with E-state index in [1.807, 2.05) is 18.2 Å². The minimum atomic E-state index is -1.02. The van der Waals surface area contributed by atoms with Gasteiger partial charge in [-0.05, 0) is 42.5 Å². The van der Waals surface area contributed by atoms with Gasteiger partial charge in [-0.2, -0.15) is 5.10 Å². The molecule has 1 aromatic heterocycles. The molecule has 0 aliphatic heterocycles. The van der Waals surface area contributed by atoms with Crippen LogP contribution in [0.25, 0.3) is 11.3 Å². The van der Waals surface area contributed by atoms with Crippen LogP contribution in [0.15, 0.2) is 94.4 Å². The van der Waals surface area contributed by atoms with E-state index in [0.29, 0.717) is 33.4 Å². The Morgan fingerprint density at radius 2 is 1.79 bits per heavy atom. The highest BCUT2D eigenvalue weighted by atomic mass is 35.5. The van der Waals surface area contributed by atoms with Gasteiger partial charge in [-0.1, -0.05) is 54.1 Å². The first kappa shape index (κ1) is 22.8. The molecule has 0 unspecified atom stereocenters. The Hall–Kier alpha value is -4.36. The predicted octanol–water partition coefficient (Wildman–Crippen LogP) is 5.64. The zero-order valence-electron chi connectivity index (χ0n) is 17.8. The van der Waals surface area contributed by atoms with E-state index in [9.17, 15) is 9.59 Å². The van der Waals surface area contributed by atoms with Crippen LogP contribution in [0.1, 0.15) is 32.0 Å². The molecule has 0 radical (unpaired) electrons. The average Bonchev–Trinajstić information content (AvgIpc) is 3.33. The molecule has 0 saturated carbocycles. The van der Waals surface area contributed by atoms with Gasteiger partial charge in [0.25, 0.3) is 5.91 Å². The molecule has 1 heterocycles. The molecular weight excluding hydrogens is 456 g/mol. The summed E-state index contributed by atoms with van der Waals surface area (Å²) in [7, 11) is 0. The number of furan rings is 1. The average molecular weight is 475 g/mol. The monoisotopic (exact) mass is 474 g/mol. The Morgan fingerprint density at radius 1 is 1.00 bits per heavy atom. The second-order valence-corrected chi connectivity index (χ2v) is 7.57. The zero-order valence-corrected chi connectivity index (χ0v) is 18.5. The molecule has 4 rings (SSSR count). The Kier molecular flexibility index (Phi) is 7.05. The first-order valence-corrected chi connectivity index (χ1v) is 10.6. The molecule has 0 spiro atoms. The lowest BCUT2D eigenvalue weighted by atomic mass is 10.1. The van der Waals surface area contributed by atoms with E-state index in [-0.39, 0.29) is 12.2 Å². The molecule has 34 heavy (non-hydrogen) atoms. The normalized spacial score (nSPS) is 10.9. The summed E-state index contributed by atoms with van der Waals surface area (Å²) in [4.78, 5) is 23.8. The van der Waals surface area contributed by atoms with E-state index in [1.165, 1.54) is 18.3 Å². The number of aromatic carboxylic acids is 1. The molecule has 0 saturated heterocycles. The van der Waals surface area contributed by atoms with Crippen LogP contribution >= 0.6 is 11.6 Å². The number of carboxylic acid groups (broad SMARTS) is 1. The van der Waals surface area contributed by atoms with Crippen molar-refractivity contribution in [2.24, 2.45) is 5.10 Å². The van der Waals surface area contributed by atoms with Crippen LogP contribution in [0.2, 0.25) is 5.02 Å². The van der Waals surface area contributed by atoms with Gasteiger partial charge in [0.1, 0.15) is 23.9 Å². The number of nitrogens with zero attached hydrogens (tertiary/aromatic N) is 1. The van der Waals surface area contributed by atoms with Crippen LogP contribution in [-0.4, -0.2) is 23.2 Å². The number of halogens is 1. The van der Waals surface area contributed by atoms with E-state index in [1.54, 1.807) is 54.6 Å². The van der Waals surface area contributed by atoms with Crippen molar-refractivity contribution in [2.75, 3.05) is 0 Å². The standard InChI is InChI=1S/C26H19ClN2O5/c27-22-10-3-1-6-19(22)16-33-24-11-4-2-9-21(24)25(30)29-28-15-20-12-13-23(34-20)17-7-5-8-18(14-17)26(31)32/h1-15H,16H2,(H,29,30)(H,31,32)/b28-15+. The number of amides is 1. The molecule has 170 valence electrons. The number of benzene rings is 3. The third-order valence-electron chi connectivity index (χ3n) is 4.85. The number of rotatable bonds is 8. The van der Waals surface area contributed by atoms with Crippen LogP contribution in [0, 0.1) is 0 Å². The molecule has 0 aliphatic rings. The topological polar surface area (TPSA) is 101 Å². The largest absolute Gasteiger partial charge is 0.488 e. The highest BCUT2D eigenvalue weighted by molar-refractivity contribution is 6.31. The number of nitrogens with one attached hydrogen (secondary N) is 1. The fraction of sp³-hybridized carbons (Fsp3) is 0.0385. The van der Waals surface area contributed by atoms with Gasteiger partial charge in [0.05, 0.1) is 17.3 Å². The Morgan fingerprint density at radius 3 is 2.62 bits per heavy atom. The maximum absolute atomic E-state index is 12.6. The van der Waals surface area contributed by atoms with Crippen molar-refractivity contribution in [2.45, 2.75) is 6.61 Å². The zero-order chi connectivity index (χ0) is 23.9. The van der Waals surface area contributed by atoms with Gasteiger partial charge in [-0.25, -0.2) is 10.2 Å². The Labute approximate surface area is 200 Å². The number of hydrogen-bond donors (Lipinski definition) is 2. The van der Waals surface area contributed by atoms with Crippen molar-refractivity contribution >= 4 is 29.7 Å². The number of para-hydroxylation sites is 1. The van der Waals surface area contributed by atoms with E-state index in [0.717, 1.165) is 5.56 Å². The molecule has 1 amide bonds. The quantitative estimate of drug-likeness (QED) is 0.254. The van der Waals surface area contributed by atoms with Gasteiger partial charge >= 0.3 is 5.97 Å². The number of carbonyl (C=O) groups excluding carboxylic acids is 1. The molecule has 0 aliphatic carbocycles. The summed E-state index contributed by atoms with van der Waals surface area (Å²) in [6.07, 6.45) is 1.36. The highest BCUT2D eigenvalue weighted by Gasteiger charge is 2.13. The molecule has 0 atom stereocenters. The fourth-order valence-corrected chi connectivity index (χ4v) is 3.34. The molecule has 8 heteroatoms. The third kappa shape index (κ3) is 5.51. The van der Waals surface area contributed by atoms with Gasteiger partial charge in [0, 0.05) is 16.1 Å². The second-order valence-electron chi connectivity index (χ2n) is 7.16. The minimum absolute atomic E-state index is 0.159. The lowest BCUT2D eigenvalue weighted by Gasteiger charge is -2.11. The minimum Gasteiger partial charge on any atom is -0.488 e. The van der Waals surface area contributed by atoms with Crippen LogP contribution in [0.4, 0.5) is 0 Å². The fourth-order valence-electron chi connectivity index (χ4n) is 3.15. The number of hydrazone groups is 1. The van der Waals surface area contributed by atoms with Gasteiger partial charge in [0.15, 0.2) is 0 Å². The van der Waals surface area contributed by atoms with Crippen molar-refractivity contribution in [1.29, 1.82) is 0 Å². The first-order chi connectivity index (χ1) is 16.5. The second kappa shape index (κ2) is 10.5. The molecule has 4 aromatic rings. The number of hydrogen-bond acceptors (Lipinski definition) is 5. The molecule has 2 N–H and O–H groups in total. The predicted molar refractivity (Wildman–Crippen MR) is 128 cm³/mol. The van der Waals surface area contributed by atoms with Crippen LogP contribution < -0.4 is 10.2 Å². The third-order valence-corrected chi connectivity index (χ3v) is 5.22. The van der Waals surface area contributed by atoms with E-state index >= 15 is 0 Å². The van der Waals surface area contributed by atoms with Gasteiger partial charge in [0.2, 0.25) is 0 Å². The number of ether oxygens (including phenoxy) is 1. The summed E-state index contributed by atoms with van der Waals surface area (Å²) >= 11 is 6.17. The van der Waals surface area contributed by atoms with E-state index in [4.69, 9.17) is 25.9 Å². The molecule has 0 fully saturated rings. The van der Waals surface area contributed by atoms with Crippen molar-refractivity contribution in [1.82, 2.24) is 5.43 Å². The van der Waals surface area contributed by atoms with Gasteiger partial charge < -0.3 is 14.3 Å². The summed E-state index contributed by atoms with van der Waals surface area (Å²) in [5.41, 5.74) is 4.36. The van der Waals surface area contributed by atoms with Crippen molar-refractivity contribution in [3.8, 4) is 17.1 Å². The van der Waals surface area contributed by atoms with Crippen molar-refractivity contribution in [3.05, 3.63) is 112 Å². The Bertz CT molecular complexity index is 1360. The Balaban J connectivity index is 1.41. The molecule has 0 bridgehead atoms. The summed E-state index contributed by atoms with van der Waals surface area (Å²) in [6, 6.07) is 23.9. The first-order valence-electron chi connectivity index (χ1n) is 10.2. The number of carboxylic acids is 1. The van der Waals surface area contributed by atoms with E-state index in [2.05, 4.69) is 10.5 Å². The van der Waals surface area contributed by atoms with Crippen molar-refractivity contribution in [3.63, 3.8) is 0 Å². The lowest BCUT2D eigenvalue weighted by Crippen LogP contribution is -2.18. The van der Waals surface area contributed by atoms with Crippen LogP contribution in [0.5, 0.6) is 5.75 Å². The van der Waals surface area contributed by atoms with Crippen LogP contribution in [-0.2, 0) is 6.61 Å². The lowest BCUT2D eigenvalue weighted by molar-refractivity contribution is 0.0696. The smallest absolute Gasteiger partial charge is 0.335 e. The summed E-state index contributed by atoms with van der Waals surface area (Å²) in [6.45, 7) is 0.214. The van der Waals surface area contributed by atoms with E-state index < -0.39 is 11.9 Å². The summed E-state index contributed by atoms with van der Waals surface area (Å²) in [5.74, 6) is -0.205. The highest BCUT2D eigenvalue weighted by Crippen LogP contribution is 2.23. The molecular formula is C26H19ClN2O5. The molecule has 3 aromatic carbocycles. The summed E-state index contributed by atoms with van der Waals surface area (Å²) < 4.78 is 11.5. The van der Waals surface area contributed by atoms with Gasteiger partial charge in [-0.3, -0.25) is 4.79 Å². The maximum Gasteiger partial charge on any atom is 0.335 e. The number of carbonyl (C=O) groups is 2. The summed E-state index contributed by atoms with van der Waals surface area (Å²) in [5, 5.41) is 13.7. The van der Waals surface area contributed by atoms with Crippen LogP contribution in [0.3, 0.4) is 0 Å². The maximum atomic E-state index is 12.6. The van der Waals surface area contributed by atoms with Crippen molar-refractivity contribution < 1.29 is 23.8 Å².